The molecule has 160 valence electrons. The predicted molar refractivity (Wildman–Crippen MR) is 116 cm³/mol. The van der Waals surface area contributed by atoms with E-state index in [2.05, 4.69) is 29.2 Å². The molecule has 30 heavy (non-hydrogen) atoms. The lowest BCUT2D eigenvalue weighted by atomic mass is 9.95. The normalized spacial score (nSPS) is 17.4. The number of likely N-dealkylation sites (tertiary alicyclic amines) is 1. The molecule has 4 rings (SSSR count). The number of hydrogen-bond donors (Lipinski definition) is 0. The van der Waals surface area contributed by atoms with E-state index < -0.39 is 0 Å². The van der Waals surface area contributed by atoms with Gasteiger partial charge in [0.05, 0.1) is 21.3 Å². The SMILES string of the molecule is COc1cc(C(=O)N2CCC(N3CCc4ccccc4C3)CC2)cc(OC)c1OC. The van der Waals surface area contributed by atoms with E-state index in [0.29, 0.717) is 28.9 Å². The van der Waals surface area contributed by atoms with Crippen molar-refractivity contribution < 1.29 is 19.0 Å². The maximum Gasteiger partial charge on any atom is 0.254 e. The van der Waals surface area contributed by atoms with Crippen molar-refractivity contribution in [2.45, 2.75) is 31.8 Å². The fourth-order valence-electron chi connectivity index (χ4n) is 4.65. The highest BCUT2D eigenvalue weighted by atomic mass is 16.5. The number of carbonyl (C=O) groups is 1. The highest BCUT2D eigenvalue weighted by molar-refractivity contribution is 5.95. The van der Waals surface area contributed by atoms with Gasteiger partial charge in [0.2, 0.25) is 5.75 Å². The molecule has 0 saturated carbocycles. The molecule has 0 unspecified atom stereocenters. The molecule has 2 aliphatic rings. The Morgan fingerprint density at radius 1 is 0.900 bits per heavy atom. The average molecular weight is 411 g/mol. The summed E-state index contributed by atoms with van der Waals surface area (Å²) in [5, 5.41) is 0. The van der Waals surface area contributed by atoms with Gasteiger partial charge in [0.1, 0.15) is 0 Å². The maximum absolute atomic E-state index is 13.1. The summed E-state index contributed by atoms with van der Waals surface area (Å²) in [4.78, 5) is 17.7. The first-order valence-corrected chi connectivity index (χ1v) is 10.5. The van der Waals surface area contributed by atoms with E-state index in [-0.39, 0.29) is 5.91 Å². The summed E-state index contributed by atoms with van der Waals surface area (Å²) in [6.07, 6.45) is 3.11. The van der Waals surface area contributed by atoms with E-state index in [9.17, 15) is 4.79 Å². The second-order valence-electron chi connectivity index (χ2n) is 7.93. The molecule has 0 aromatic heterocycles. The van der Waals surface area contributed by atoms with Gasteiger partial charge in [0.25, 0.3) is 5.91 Å². The van der Waals surface area contributed by atoms with Crippen molar-refractivity contribution in [1.29, 1.82) is 0 Å². The summed E-state index contributed by atoms with van der Waals surface area (Å²) in [6.45, 7) is 3.64. The molecule has 1 fully saturated rings. The Kier molecular flexibility index (Phi) is 6.13. The average Bonchev–Trinajstić information content (AvgIpc) is 2.82. The first kappa shape index (κ1) is 20.5. The number of ether oxygens (including phenoxy) is 3. The van der Waals surface area contributed by atoms with Crippen molar-refractivity contribution in [2.75, 3.05) is 41.0 Å². The van der Waals surface area contributed by atoms with E-state index in [4.69, 9.17) is 14.2 Å². The number of fused-ring (bicyclic) bond motifs is 1. The van der Waals surface area contributed by atoms with E-state index >= 15 is 0 Å². The minimum Gasteiger partial charge on any atom is -0.493 e. The molecule has 0 N–H and O–H groups in total. The Balaban J connectivity index is 1.41. The van der Waals surface area contributed by atoms with Gasteiger partial charge >= 0.3 is 0 Å². The van der Waals surface area contributed by atoms with Gasteiger partial charge in [-0.05, 0) is 42.5 Å². The topological polar surface area (TPSA) is 51.2 Å². The van der Waals surface area contributed by atoms with E-state index in [1.54, 1.807) is 33.5 Å². The van der Waals surface area contributed by atoms with Crippen LogP contribution in [0.4, 0.5) is 0 Å². The molecule has 0 aliphatic carbocycles. The number of piperidine rings is 1. The number of nitrogens with zero attached hydrogens (tertiary/aromatic N) is 2. The Labute approximate surface area is 178 Å². The number of amides is 1. The van der Waals surface area contributed by atoms with Crippen molar-refractivity contribution >= 4 is 5.91 Å². The number of rotatable bonds is 5. The third kappa shape index (κ3) is 3.97. The van der Waals surface area contributed by atoms with Gasteiger partial charge in [-0.3, -0.25) is 9.69 Å². The van der Waals surface area contributed by atoms with Crippen LogP contribution in [0.15, 0.2) is 36.4 Å². The molecule has 2 aromatic rings. The van der Waals surface area contributed by atoms with Crippen LogP contribution in [0.1, 0.15) is 34.3 Å². The second kappa shape index (κ2) is 8.96. The van der Waals surface area contributed by atoms with Crippen LogP contribution < -0.4 is 14.2 Å². The molecule has 0 radical (unpaired) electrons. The van der Waals surface area contributed by atoms with Gasteiger partial charge in [-0.25, -0.2) is 0 Å². The number of hydrogen-bond acceptors (Lipinski definition) is 5. The third-order valence-electron chi connectivity index (χ3n) is 6.34. The van der Waals surface area contributed by atoms with E-state index in [1.165, 1.54) is 11.1 Å². The van der Waals surface area contributed by atoms with E-state index in [1.807, 2.05) is 4.90 Å². The number of methoxy groups -OCH3 is 3. The fraction of sp³-hybridized carbons (Fsp3) is 0.458. The van der Waals surface area contributed by atoms with Gasteiger partial charge in [-0.2, -0.15) is 0 Å². The van der Waals surface area contributed by atoms with Gasteiger partial charge < -0.3 is 19.1 Å². The Hall–Kier alpha value is -2.73. The monoisotopic (exact) mass is 410 g/mol. The summed E-state index contributed by atoms with van der Waals surface area (Å²) in [7, 11) is 4.69. The van der Waals surface area contributed by atoms with Crippen LogP contribution in [0.25, 0.3) is 0 Å². The molecular formula is C24H30N2O4. The lowest BCUT2D eigenvalue weighted by Gasteiger charge is -2.40. The first-order chi connectivity index (χ1) is 14.6. The van der Waals surface area contributed by atoms with Crippen LogP contribution in [0.5, 0.6) is 17.2 Å². The van der Waals surface area contributed by atoms with Crippen LogP contribution in [-0.4, -0.2) is 62.7 Å². The summed E-state index contributed by atoms with van der Waals surface area (Å²) in [5.41, 5.74) is 3.48. The molecule has 1 amide bonds. The molecule has 6 heteroatoms. The smallest absolute Gasteiger partial charge is 0.254 e. The Morgan fingerprint density at radius 3 is 2.13 bits per heavy atom. The second-order valence-corrected chi connectivity index (χ2v) is 7.93. The van der Waals surface area contributed by atoms with Crippen LogP contribution >= 0.6 is 0 Å². The van der Waals surface area contributed by atoms with Crippen LogP contribution in [0.3, 0.4) is 0 Å². The Bertz CT molecular complexity index is 881. The quantitative estimate of drug-likeness (QED) is 0.757. The minimum absolute atomic E-state index is 0.0108. The summed E-state index contributed by atoms with van der Waals surface area (Å²) >= 11 is 0. The predicted octanol–water partition coefficient (Wildman–Crippen LogP) is 3.38. The molecule has 6 nitrogen and oxygen atoms in total. The lowest BCUT2D eigenvalue weighted by molar-refractivity contribution is 0.0598. The molecule has 2 heterocycles. The molecule has 0 atom stereocenters. The number of carbonyl (C=O) groups excluding carboxylic acids is 1. The highest BCUT2D eigenvalue weighted by Gasteiger charge is 2.30. The van der Waals surface area contributed by atoms with Crippen LogP contribution in [-0.2, 0) is 13.0 Å². The molecular weight excluding hydrogens is 380 g/mol. The lowest BCUT2D eigenvalue weighted by Crippen LogP contribution is -2.48. The van der Waals surface area contributed by atoms with Crippen molar-refractivity contribution in [3.8, 4) is 17.2 Å². The molecule has 2 aromatic carbocycles. The summed E-state index contributed by atoms with van der Waals surface area (Å²) in [5.74, 6) is 1.52. The summed E-state index contributed by atoms with van der Waals surface area (Å²) in [6, 6.07) is 12.7. The third-order valence-corrected chi connectivity index (χ3v) is 6.34. The maximum atomic E-state index is 13.1. The van der Waals surface area contributed by atoms with Crippen LogP contribution in [0, 0.1) is 0 Å². The van der Waals surface area contributed by atoms with Crippen LogP contribution in [0.2, 0.25) is 0 Å². The highest BCUT2D eigenvalue weighted by Crippen LogP contribution is 2.38. The number of benzene rings is 2. The Morgan fingerprint density at radius 2 is 1.53 bits per heavy atom. The van der Waals surface area contributed by atoms with Gasteiger partial charge in [-0.15, -0.1) is 0 Å². The van der Waals surface area contributed by atoms with Crippen molar-refractivity contribution in [3.63, 3.8) is 0 Å². The zero-order valence-corrected chi connectivity index (χ0v) is 18.0. The zero-order chi connectivity index (χ0) is 21.1. The largest absolute Gasteiger partial charge is 0.493 e. The molecule has 1 saturated heterocycles. The zero-order valence-electron chi connectivity index (χ0n) is 18.0. The van der Waals surface area contributed by atoms with Crippen molar-refractivity contribution in [2.24, 2.45) is 0 Å². The van der Waals surface area contributed by atoms with Gasteiger partial charge in [0.15, 0.2) is 11.5 Å². The van der Waals surface area contributed by atoms with Crippen molar-refractivity contribution in [1.82, 2.24) is 9.80 Å². The molecule has 0 spiro atoms. The van der Waals surface area contributed by atoms with Gasteiger partial charge in [0, 0.05) is 37.8 Å². The summed E-state index contributed by atoms with van der Waals surface area (Å²) < 4.78 is 16.2. The first-order valence-electron chi connectivity index (χ1n) is 10.5. The van der Waals surface area contributed by atoms with Gasteiger partial charge in [-0.1, -0.05) is 24.3 Å². The molecule has 2 aliphatic heterocycles. The van der Waals surface area contributed by atoms with Crippen molar-refractivity contribution in [3.05, 3.63) is 53.1 Å². The fourth-order valence-corrected chi connectivity index (χ4v) is 4.65. The minimum atomic E-state index is 0.0108. The molecule has 0 bridgehead atoms. The van der Waals surface area contributed by atoms with E-state index in [0.717, 1.165) is 45.4 Å². The standard InChI is InChI=1S/C24H30N2O4/c1-28-21-14-19(15-22(29-2)23(21)30-3)24(27)25-12-9-20(10-13-25)26-11-8-17-6-4-5-7-18(17)16-26/h4-7,14-15,20H,8-13,16H2,1-3H3.